The van der Waals surface area contributed by atoms with Gasteiger partial charge in [-0.05, 0) is 31.6 Å². The van der Waals surface area contributed by atoms with Crippen LogP contribution in [0.1, 0.15) is 32.4 Å². The lowest BCUT2D eigenvalue weighted by Gasteiger charge is -2.33. The Hall–Kier alpha value is -0.380. The van der Waals surface area contributed by atoms with Crippen LogP contribution in [0.15, 0.2) is 28.7 Å². The molecular weight excluding hydrogens is 264 g/mol. The maximum Gasteiger partial charge on any atom is 0.0507 e. The summed E-state index contributed by atoms with van der Waals surface area (Å²) in [6, 6.07) is 8.74. The van der Waals surface area contributed by atoms with Crippen molar-refractivity contribution >= 4 is 15.9 Å². The molecule has 16 heavy (non-hydrogen) atoms. The van der Waals surface area contributed by atoms with E-state index >= 15 is 0 Å². The van der Waals surface area contributed by atoms with Gasteiger partial charge in [-0.15, -0.1) is 0 Å². The normalized spacial score (nSPS) is 15.1. The molecule has 3 heteroatoms. The van der Waals surface area contributed by atoms with Crippen LogP contribution in [-0.4, -0.2) is 24.0 Å². The molecule has 1 rings (SSSR count). The first-order valence-electron chi connectivity index (χ1n) is 5.85. The van der Waals surface area contributed by atoms with Gasteiger partial charge in [-0.3, -0.25) is 4.90 Å². The maximum atomic E-state index is 6.13. The van der Waals surface area contributed by atoms with E-state index in [1.165, 1.54) is 5.56 Å². The molecule has 0 aromatic heterocycles. The van der Waals surface area contributed by atoms with Crippen LogP contribution in [0.3, 0.4) is 0 Å². The number of hydrogen-bond donors (Lipinski definition) is 1. The van der Waals surface area contributed by atoms with E-state index in [-0.39, 0.29) is 12.1 Å². The zero-order valence-electron chi connectivity index (χ0n) is 10.3. The van der Waals surface area contributed by atoms with E-state index in [1.807, 2.05) is 6.07 Å². The standard InChI is InChI=1S/C13H21BrN2/c1-4-16(5-2)13(10(3)15)11-8-6-7-9-12(11)14/h6-10,13H,4-5,15H2,1-3H3. The Morgan fingerprint density at radius 3 is 2.25 bits per heavy atom. The first kappa shape index (κ1) is 13.7. The van der Waals surface area contributed by atoms with Crippen molar-refractivity contribution in [3.05, 3.63) is 34.3 Å². The smallest absolute Gasteiger partial charge is 0.0507 e. The predicted molar refractivity (Wildman–Crippen MR) is 73.5 cm³/mol. The number of hydrogen-bond acceptors (Lipinski definition) is 2. The van der Waals surface area contributed by atoms with Crippen LogP contribution in [0.4, 0.5) is 0 Å². The Morgan fingerprint density at radius 2 is 1.81 bits per heavy atom. The van der Waals surface area contributed by atoms with Crippen molar-refractivity contribution in [2.75, 3.05) is 13.1 Å². The third-order valence-corrected chi connectivity index (χ3v) is 3.65. The van der Waals surface area contributed by atoms with Crippen LogP contribution in [0.25, 0.3) is 0 Å². The lowest BCUT2D eigenvalue weighted by molar-refractivity contribution is 0.195. The second-order valence-corrected chi connectivity index (χ2v) is 4.90. The predicted octanol–water partition coefficient (Wildman–Crippen LogP) is 3.18. The summed E-state index contributed by atoms with van der Waals surface area (Å²) in [7, 11) is 0. The Labute approximate surface area is 107 Å². The van der Waals surface area contributed by atoms with Gasteiger partial charge in [-0.1, -0.05) is 48.0 Å². The van der Waals surface area contributed by atoms with Gasteiger partial charge in [0.1, 0.15) is 0 Å². The molecular formula is C13H21BrN2. The lowest BCUT2D eigenvalue weighted by Crippen LogP contribution is -2.39. The van der Waals surface area contributed by atoms with Gasteiger partial charge in [0.2, 0.25) is 0 Å². The third kappa shape index (κ3) is 3.06. The fourth-order valence-electron chi connectivity index (χ4n) is 2.14. The molecule has 0 fully saturated rings. The molecule has 1 aromatic carbocycles. The zero-order valence-corrected chi connectivity index (χ0v) is 11.9. The Balaban J connectivity index is 3.07. The summed E-state index contributed by atoms with van der Waals surface area (Å²) in [4.78, 5) is 2.39. The summed E-state index contributed by atoms with van der Waals surface area (Å²) in [5.41, 5.74) is 7.41. The fourth-order valence-corrected chi connectivity index (χ4v) is 2.66. The topological polar surface area (TPSA) is 29.3 Å². The summed E-state index contributed by atoms with van der Waals surface area (Å²) in [5, 5.41) is 0. The van der Waals surface area contributed by atoms with Gasteiger partial charge in [0, 0.05) is 10.5 Å². The Kier molecular flexibility index (Phi) is 5.46. The molecule has 0 saturated heterocycles. The van der Waals surface area contributed by atoms with E-state index in [9.17, 15) is 0 Å². The van der Waals surface area contributed by atoms with Crippen molar-refractivity contribution in [3.63, 3.8) is 0 Å². The average Bonchev–Trinajstić information content (AvgIpc) is 2.27. The largest absolute Gasteiger partial charge is 0.326 e. The minimum Gasteiger partial charge on any atom is -0.326 e. The van der Waals surface area contributed by atoms with Crippen LogP contribution < -0.4 is 5.73 Å². The molecule has 0 aliphatic heterocycles. The fraction of sp³-hybridized carbons (Fsp3) is 0.538. The van der Waals surface area contributed by atoms with Gasteiger partial charge in [0.25, 0.3) is 0 Å². The van der Waals surface area contributed by atoms with Gasteiger partial charge in [-0.2, -0.15) is 0 Å². The van der Waals surface area contributed by atoms with E-state index in [0.29, 0.717) is 0 Å². The van der Waals surface area contributed by atoms with Crippen molar-refractivity contribution < 1.29 is 0 Å². The van der Waals surface area contributed by atoms with Gasteiger partial charge >= 0.3 is 0 Å². The molecule has 0 bridgehead atoms. The van der Waals surface area contributed by atoms with Crippen molar-refractivity contribution in [3.8, 4) is 0 Å². The van der Waals surface area contributed by atoms with Gasteiger partial charge < -0.3 is 5.73 Å². The summed E-state index contributed by atoms with van der Waals surface area (Å²) in [6.45, 7) is 8.46. The molecule has 2 unspecified atom stereocenters. The van der Waals surface area contributed by atoms with Gasteiger partial charge in [0.15, 0.2) is 0 Å². The van der Waals surface area contributed by atoms with E-state index in [1.54, 1.807) is 0 Å². The molecule has 0 radical (unpaired) electrons. The zero-order chi connectivity index (χ0) is 12.1. The second kappa shape index (κ2) is 6.38. The van der Waals surface area contributed by atoms with Crippen LogP contribution in [0.2, 0.25) is 0 Å². The summed E-state index contributed by atoms with van der Waals surface area (Å²) >= 11 is 3.61. The number of rotatable bonds is 5. The first-order valence-corrected chi connectivity index (χ1v) is 6.65. The third-order valence-electron chi connectivity index (χ3n) is 2.93. The number of likely N-dealkylation sites (N-methyl/N-ethyl adjacent to an activating group) is 1. The molecule has 0 heterocycles. The molecule has 0 saturated carbocycles. The molecule has 0 spiro atoms. The summed E-state index contributed by atoms with van der Waals surface area (Å²) < 4.78 is 1.14. The minimum absolute atomic E-state index is 0.124. The van der Waals surface area contributed by atoms with Crippen molar-refractivity contribution in [2.24, 2.45) is 5.73 Å². The van der Waals surface area contributed by atoms with Crippen molar-refractivity contribution in [2.45, 2.75) is 32.9 Å². The summed E-state index contributed by atoms with van der Waals surface area (Å²) in [6.07, 6.45) is 0. The number of nitrogens with zero attached hydrogens (tertiary/aromatic N) is 1. The van der Waals surface area contributed by atoms with Crippen LogP contribution in [0, 0.1) is 0 Å². The number of benzene rings is 1. The van der Waals surface area contributed by atoms with E-state index in [2.05, 4.69) is 59.8 Å². The highest BCUT2D eigenvalue weighted by atomic mass is 79.9. The molecule has 2 nitrogen and oxygen atoms in total. The highest BCUT2D eigenvalue weighted by molar-refractivity contribution is 9.10. The van der Waals surface area contributed by atoms with E-state index in [0.717, 1.165) is 17.6 Å². The van der Waals surface area contributed by atoms with Gasteiger partial charge in [-0.25, -0.2) is 0 Å². The quantitative estimate of drug-likeness (QED) is 0.900. The van der Waals surface area contributed by atoms with Crippen LogP contribution >= 0.6 is 15.9 Å². The molecule has 0 aliphatic rings. The molecule has 2 N–H and O–H groups in total. The Morgan fingerprint density at radius 1 is 1.25 bits per heavy atom. The number of halogens is 1. The molecule has 0 aliphatic carbocycles. The second-order valence-electron chi connectivity index (χ2n) is 4.05. The average molecular weight is 285 g/mol. The highest BCUT2D eigenvalue weighted by Crippen LogP contribution is 2.29. The van der Waals surface area contributed by atoms with Gasteiger partial charge in [0.05, 0.1) is 6.04 Å². The van der Waals surface area contributed by atoms with Crippen LogP contribution in [-0.2, 0) is 0 Å². The highest BCUT2D eigenvalue weighted by Gasteiger charge is 2.23. The SMILES string of the molecule is CCN(CC)C(c1ccccc1Br)C(C)N. The van der Waals surface area contributed by atoms with Crippen LogP contribution in [0.5, 0.6) is 0 Å². The van der Waals surface area contributed by atoms with E-state index in [4.69, 9.17) is 5.73 Å². The minimum atomic E-state index is 0.124. The maximum absolute atomic E-state index is 6.13. The molecule has 0 amide bonds. The monoisotopic (exact) mass is 284 g/mol. The molecule has 90 valence electrons. The first-order chi connectivity index (χ1) is 7.61. The van der Waals surface area contributed by atoms with Crippen molar-refractivity contribution in [1.29, 1.82) is 0 Å². The lowest BCUT2D eigenvalue weighted by atomic mass is 9.99. The van der Waals surface area contributed by atoms with Crippen molar-refractivity contribution in [1.82, 2.24) is 4.90 Å². The van der Waals surface area contributed by atoms with E-state index < -0.39 is 0 Å². The molecule has 2 atom stereocenters. The Bertz CT molecular complexity index is 321. The summed E-state index contributed by atoms with van der Waals surface area (Å²) in [5.74, 6) is 0. The molecule has 1 aromatic rings. The number of nitrogens with two attached hydrogens (primary N) is 1.